The Balaban J connectivity index is 2.30. The third kappa shape index (κ3) is 5.07. The van der Waals surface area contributed by atoms with Crippen LogP contribution in [0.2, 0.25) is 0 Å². The van der Waals surface area contributed by atoms with Crippen LogP contribution in [0, 0.1) is 6.92 Å². The van der Waals surface area contributed by atoms with Gasteiger partial charge in [-0.3, -0.25) is 0 Å². The third-order valence-electron chi connectivity index (χ3n) is 3.08. The summed E-state index contributed by atoms with van der Waals surface area (Å²) in [6.07, 6.45) is 1.83. The van der Waals surface area contributed by atoms with Crippen molar-refractivity contribution < 1.29 is 9.84 Å². The first kappa shape index (κ1) is 15.0. The first-order valence-electron chi connectivity index (χ1n) is 6.65. The number of hydrogen-bond donors (Lipinski definition) is 2. The van der Waals surface area contributed by atoms with Crippen LogP contribution in [0.1, 0.15) is 32.3 Å². The Kier molecular flexibility index (Phi) is 6.16. The van der Waals surface area contributed by atoms with Crippen LogP contribution < -0.4 is 10.1 Å². The van der Waals surface area contributed by atoms with E-state index in [2.05, 4.69) is 25.2 Å². The second kappa shape index (κ2) is 7.39. The fourth-order valence-electron chi connectivity index (χ4n) is 2.01. The molecule has 0 spiro atoms. The highest BCUT2D eigenvalue weighted by Crippen LogP contribution is 2.15. The summed E-state index contributed by atoms with van der Waals surface area (Å²) < 4.78 is 5.70. The lowest BCUT2D eigenvalue weighted by molar-refractivity contribution is 0.158. The van der Waals surface area contributed by atoms with E-state index in [1.54, 1.807) is 0 Å². The van der Waals surface area contributed by atoms with Crippen molar-refractivity contribution in [1.29, 1.82) is 0 Å². The molecule has 0 saturated carbocycles. The van der Waals surface area contributed by atoms with Crippen LogP contribution >= 0.6 is 0 Å². The number of nitrogens with one attached hydrogen (secondary N) is 1. The maximum absolute atomic E-state index is 9.37. The molecule has 0 aliphatic rings. The van der Waals surface area contributed by atoms with E-state index in [9.17, 15) is 5.11 Å². The summed E-state index contributed by atoms with van der Waals surface area (Å²) in [5.41, 5.74) is 1.02. The standard InChI is InChI=1S/C15H25NO2/c1-4-16-15(3,12-17)9-6-10-18-14-8-5-7-13(2)11-14/h5,7-8,11,16-17H,4,6,9-10,12H2,1-3H3. The SMILES string of the molecule is CCNC(C)(CO)CCCOc1cccc(C)c1. The Labute approximate surface area is 110 Å². The molecule has 0 heterocycles. The second-order valence-electron chi connectivity index (χ2n) is 5.02. The molecule has 0 bridgehead atoms. The fourth-order valence-corrected chi connectivity index (χ4v) is 2.01. The van der Waals surface area contributed by atoms with E-state index in [4.69, 9.17) is 4.74 Å². The Morgan fingerprint density at radius 2 is 2.17 bits per heavy atom. The molecule has 0 aromatic heterocycles. The fraction of sp³-hybridized carbons (Fsp3) is 0.600. The molecule has 1 aromatic carbocycles. The number of ether oxygens (including phenoxy) is 1. The molecule has 102 valence electrons. The summed E-state index contributed by atoms with van der Waals surface area (Å²) in [5, 5.41) is 12.7. The minimum Gasteiger partial charge on any atom is -0.494 e. The molecule has 0 aliphatic heterocycles. The number of aryl methyl sites for hydroxylation is 1. The maximum atomic E-state index is 9.37. The van der Waals surface area contributed by atoms with E-state index in [1.807, 2.05) is 25.1 Å². The smallest absolute Gasteiger partial charge is 0.119 e. The predicted molar refractivity (Wildman–Crippen MR) is 75.1 cm³/mol. The van der Waals surface area contributed by atoms with E-state index in [-0.39, 0.29) is 12.1 Å². The van der Waals surface area contributed by atoms with Crippen LogP contribution in [0.15, 0.2) is 24.3 Å². The highest BCUT2D eigenvalue weighted by atomic mass is 16.5. The molecule has 1 unspecified atom stereocenters. The molecular weight excluding hydrogens is 226 g/mol. The Bertz CT molecular complexity index is 354. The van der Waals surface area contributed by atoms with Gasteiger partial charge in [0.15, 0.2) is 0 Å². The highest BCUT2D eigenvalue weighted by molar-refractivity contribution is 5.27. The highest BCUT2D eigenvalue weighted by Gasteiger charge is 2.20. The van der Waals surface area contributed by atoms with Gasteiger partial charge < -0.3 is 15.2 Å². The number of aliphatic hydroxyl groups excluding tert-OH is 1. The maximum Gasteiger partial charge on any atom is 0.119 e. The minimum atomic E-state index is -0.190. The van der Waals surface area contributed by atoms with Crippen molar-refractivity contribution in [1.82, 2.24) is 5.32 Å². The molecule has 0 radical (unpaired) electrons. The molecule has 1 rings (SSSR count). The molecule has 0 saturated heterocycles. The van der Waals surface area contributed by atoms with Crippen molar-refractivity contribution in [2.75, 3.05) is 19.8 Å². The van der Waals surface area contributed by atoms with Gasteiger partial charge in [-0.15, -0.1) is 0 Å². The number of likely N-dealkylation sites (N-methyl/N-ethyl adjacent to an activating group) is 1. The normalized spacial score (nSPS) is 14.2. The van der Waals surface area contributed by atoms with Gasteiger partial charge in [-0.05, 0) is 50.9 Å². The molecule has 3 nitrogen and oxygen atoms in total. The minimum absolute atomic E-state index is 0.158. The molecule has 0 fully saturated rings. The third-order valence-corrected chi connectivity index (χ3v) is 3.08. The van der Waals surface area contributed by atoms with Crippen LogP contribution in [0.5, 0.6) is 5.75 Å². The average Bonchev–Trinajstić information content (AvgIpc) is 2.35. The zero-order valence-electron chi connectivity index (χ0n) is 11.7. The van der Waals surface area contributed by atoms with Crippen molar-refractivity contribution >= 4 is 0 Å². The summed E-state index contributed by atoms with van der Waals surface area (Å²) >= 11 is 0. The molecule has 0 aliphatic carbocycles. The van der Waals surface area contributed by atoms with Gasteiger partial charge in [-0.2, -0.15) is 0 Å². The molecule has 0 amide bonds. The topological polar surface area (TPSA) is 41.5 Å². The van der Waals surface area contributed by atoms with Gasteiger partial charge in [0.05, 0.1) is 13.2 Å². The van der Waals surface area contributed by atoms with E-state index in [1.165, 1.54) is 5.56 Å². The molecule has 1 aromatic rings. The summed E-state index contributed by atoms with van der Waals surface area (Å²) in [5.74, 6) is 0.921. The lowest BCUT2D eigenvalue weighted by Gasteiger charge is -2.28. The quantitative estimate of drug-likeness (QED) is 0.698. The summed E-state index contributed by atoms with van der Waals surface area (Å²) in [6.45, 7) is 7.87. The zero-order chi connectivity index (χ0) is 13.4. The van der Waals surface area contributed by atoms with Gasteiger partial charge in [0.1, 0.15) is 5.75 Å². The van der Waals surface area contributed by atoms with Gasteiger partial charge in [-0.25, -0.2) is 0 Å². The first-order chi connectivity index (χ1) is 8.59. The summed E-state index contributed by atoms with van der Waals surface area (Å²) in [4.78, 5) is 0. The van der Waals surface area contributed by atoms with Crippen molar-refractivity contribution in [3.8, 4) is 5.75 Å². The van der Waals surface area contributed by atoms with Gasteiger partial charge in [0.25, 0.3) is 0 Å². The number of rotatable bonds is 8. The van der Waals surface area contributed by atoms with Crippen molar-refractivity contribution in [2.45, 2.75) is 39.2 Å². The molecule has 1 atom stereocenters. The first-order valence-corrected chi connectivity index (χ1v) is 6.65. The van der Waals surface area contributed by atoms with Crippen LogP contribution in [0.4, 0.5) is 0 Å². The number of benzene rings is 1. The van der Waals surface area contributed by atoms with Crippen molar-refractivity contribution in [3.63, 3.8) is 0 Å². The lowest BCUT2D eigenvalue weighted by atomic mass is 9.97. The van der Waals surface area contributed by atoms with E-state index >= 15 is 0 Å². The largest absolute Gasteiger partial charge is 0.494 e. The number of aliphatic hydroxyl groups is 1. The van der Waals surface area contributed by atoms with Gasteiger partial charge in [-0.1, -0.05) is 19.1 Å². The van der Waals surface area contributed by atoms with Gasteiger partial charge in [0.2, 0.25) is 0 Å². The van der Waals surface area contributed by atoms with Crippen LogP contribution in [-0.4, -0.2) is 30.4 Å². The van der Waals surface area contributed by atoms with Gasteiger partial charge in [0, 0.05) is 5.54 Å². The molecule has 2 N–H and O–H groups in total. The molecule has 18 heavy (non-hydrogen) atoms. The molecule has 3 heteroatoms. The van der Waals surface area contributed by atoms with E-state index < -0.39 is 0 Å². The Morgan fingerprint density at radius 3 is 2.78 bits per heavy atom. The Hall–Kier alpha value is -1.06. The Morgan fingerprint density at radius 1 is 1.39 bits per heavy atom. The monoisotopic (exact) mass is 251 g/mol. The van der Waals surface area contributed by atoms with Crippen LogP contribution in [-0.2, 0) is 0 Å². The van der Waals surface area contributed by atoms with E-state index in [0.29, 0.717) is 6.61 Å². The lowest BCUT2D eigenvalue weighted by Crippen LogP contribution is -2.45. The summed E-state index contributed by atoms with van der Waals surface area (Å²) in [7, 11) is 0. The van der Waals surface area contributed by atoms with Crippen LogP contribution in [0.3, 0.4) is 0 Å². The zero-order valence-corrected chi connectivity index (χ0v) is 11.7. The predicted octanol–water partition coefficient (Wildman–Crippen LogP) is 2.51. The van der Waals surface area contributed by atoms with Crippen molar-refractivity contribution in [2.24, 2.45) is 0 Å². The van der Waals surface area contributed by atoms with E-state index in [0.717, 1.165) is 25.1 Å². The van der Waals surface area contributed by atoms with Gasteiger partial charge >= 0.3 is 0 Å². The molecular formula is C15H25NO2. The summed E-state index contributed by atoms with van der Waals surface area (Å²) in [6, 6.07) is 8.07. The van der Waals surface area contributed by atoms with Crippen molar-refractivity contribution in [3.05, 3.63) is 29.8 Å². The second-order valence-corrected chi connectivity index (χ2v) is 5.02. The average molecular weight is 251 g/mol. The number of hydrogen-bond acceptors (Lipinski definition) is 3. The van der Waals surface area contributed by atoms with Crippen LogP contribution in [0.25, 0.3) is 0 Å².